The number of benzene rings is 1. The van der Waals surface area contributed by atoms with Crippen molar-refractivity contribution in [3.8, 4) is 0 Å². The minimum atomic E-state index is -1.71. The van der Waals surface area contributed by atoms with Gasteiger partial charge in [-0.25, -0.2) is 9.59 Å². The van der Waals surface area contributed by atoms with Gasteiger partial charge in [0.2, 0.25) is 3.79 Å². The van der Waals surface area contributed by atoms with E-state index in [1.54, 1.807) is 38.1 Å². The number of nitrogens with one attached hydrogen (secondary N) is 1. The van der Waals surface area contributed by atoms with Gasteiger partial charge in [0.15, 0.2) is 0 Å². The quantitative estimate of drug-likeness (QED) is 0.398. The Balaban J connectivity index is 1.91. The predicted octanol–water partition coefficient (Wildman–Crippen LogP) is 2.57. The van der Waals surface area contributed by atoms with Crippen molar-refractivity contribution in [1.29, 1.82) is 0 Å². The van der Waals surface area contributed by atoms with Crippen LogP contribution in [0.15, 0.2) is 41.2 Å². The number of hydrogen-bond acceptors (Lipinski definition) is 7. The van der Waals surface area contributed by atoms with Gasteiger partial charge < -0.3 is 14.9 Å². The minimum Gasteiger partial charge on any atom is -0.445 e. The largest absolute Gasteiger partial charge is 0.445 e. The van der Waals surface area contributed by atoms with E-state index in [-0.39, 0.29) is 11.8 Å². The third kappa shape index (κ3) is 7.52. The maximum atomic E-state index is 12.2. The molecule has 1 aromatic heterocycles. The molecule has 0 aliphatic carbocycles. The SMILES string of the molecule is CC(C)(C/C=C/C(=O)On1nnc2ccccc2c1=O)NC(=O)OCC(Cl)(Cl)Cl. The molecular formula is C17H17Cl3N4O5. The number of hydrogen-bond donors (Lipinski definition) is 1. The van der Waals surface area contributed by atoms with Gasteiger partial charge in [0.1, 0.15) is 12.1 Å². The van der Waals surface area contributed by atoms with Gasteiger partial charge in [-0.3, -0.25) is 4.79 Å². The number of fused-ring (bicyclic) bond motifs is 1. The van der Waals surface area contributed by atoms with Crippen LogP contribution in [0.5, 0.6) is 0 Å². The Kier molecular flexibility index (Phi) is 7.45. The number of rotatable bonds is 6. The molecule has 0 bridgehead atoms. The van der Waals surface area contributed by atoms with Crippen LogP contribution in [0, 0.1) is 0 Å². The van der Waals surface area contributed by atoms with Crippen molar-refractivity contribution in [2.45, 2.75) is 29.6 Å². The van der Waals surface area contributed by atoms with Gasteiger partial charge in [0.05, 0.1) is 5.39 Å². The fourth-order valence-electron chi connectivity index (χ4n) is 2.11. The van der Waals surface area contributed by atoms with Crippen molar-refractivity contribution in [2.75, 3.05) is 6.61 Å². The van der Waals surface area contributed by atoms with Crippen molar-refractivity contribution < 1.29 is 19.2 Å². The molecule has 0 unspecified atom stereocenters. The van der Waals surface area contributed by atoms with Gasteiger partial charge >= 0.3 is 17.6 Å². The van der Waals surface area contributed by atoms with E-state index in [0.29, 0.717) is 10.4 Å². The number of halogens is 3. The lowest BCUT2D eigenvalue weighted by Gasteiger charge is -2.24. The third-order valence-corrected chi connectivity index (χ3v) is 3.74. The van der Waals surface area contributed by atoms with Gasteiger partial charge in [0.25, 0.3) is 0 Å². The summed E-state index contributed by atoms with van der Waals surface area (Å²) in [5, 5.41) is 10.2. The average molecular weight is 464 g/mol. The van der Waals surface area contributed by atoms with Gasteiger partial charge in [-0.2, -0.15) is 0 Å². The van der Waals surface area contributed by atoms with Gasteiger partial charge in [-0.1, -0.05) is 53.0 Å². The molecule has 1 N–H and O–H groups in total. The van der Waals surface area contributed by atoms with E-state index in [1.807, 2.05) is 0 Å². The Morgan fingerprint density at radius 2 is 1.93 bits per heavy atom. The molecule has 1 aromatic carbocycles. The van der Waals surface area contributed by atoms with Crippen molar-refractivity contribution >= 4 is 57.8 Å². The fraction of sp³-hybridized carbons (Fsp3) is 0.353. The molecule has 0 aliphatic heterocycles. The first-order chi connectivity index (χ1) is 13.5. The highest BCUT2D eigenvalue weighted by molar-refractivity contribution is 6.67. The Morgan fingerprint density at radius 1 is 1.24 bits per heavy atom. The molecule has 0 saturated heterocycles. The second-order valence-corrected chi connectivity index (χ2v) is 9.02. The van der Waals surface area contributed by atoms with Crippen LogP contribution < -0.4 is 15.7 Å². The number of ether oxygens (including phenoxy) is 1. The van der Waals surface area contributed by atoms with Crippen LogP contribution in [0.3, 0.4) is 0 Å². The number of aromatic nitrogens is 3. The first-order valence-corrected chi connectivity index (χ1v) is 9.35. The minimum absolute atomic E-state index is 0.239. The summed E-state index contributed by atoms with van der Waals surface area (Å²) >= 11 is 16.5. The van der Waals surface area contributed by atoms with E-state index in [9.17, 15) is 14.4 Å². The molecule has 2 rings (SSSR count). The summed E-state index contributed by atoms with van der Waals surface area (Å²) in [5.74, 6) is -0.841. The van der Waals surface area contributed by atoms with Crippen LogP contribution in [-0.2, 0) is 9.53 Å². The van der Waals surface area contributed by atoms with Crippen molar-refractivity contribution in [2.24, 2.45) is 0 Å². The molecule has 0 fully saturated rings. The van der Waals surface area contributed by atoms with E-state index in [4.69, 9.17) is 44.4 Å². The molecule has 12 heteroatoms. The molecule has 1 amide bonds. The summed E-state index contributed by atoms with van der Waals surface area (Å²) in [6.45, 7) is 2.97. The number of carbonyl (C=O) groups is 2. The highest BCUT2D eigenvalue weighted by Crippen LogP contribution is 2.26. The van der Waals surface area contributed by atoms with Gasteiger partial charge in [0, 0.05) is 11.6 Å². The predicted molar refractivity (Wildman–Crippen MR) is 108 cm³/mol. The molecule has 9 nitrogen and oxygen atoms in total. The first-order valence-electron chi connectivity index (χ1n) is 8.22. The smallest absolute Gasteiger partial charge is 0.407 e. The van der Waals surface area contributed by atoms with E-state index >= 15 is 0 Å². The topological polar surface area (TPSA) is 112 Å². The van der Waals surface area contributed by atoms with Crippen LogP contribution in [0.1, 0.15) is 20.3 Å². The number of carbonyl (C=O) groups excluding carboxylic acids is 2. The molecule has 0 aliphatic rings. The fourth-order valence-corrected chi connectivity index (χ4v) is 2.27. The van der Waals surface area contributed by atoms with E-state index < -0.39 is 33.6 Å². The number of alkyl halides is 3. The Labute approximate surface area is 180 Å². The maximum Gasteiger partial charge on any atom is 0.407 e. The highest BCUT2D eigenvalue weighted by atomic mass is 35.6. The number of amides is 1. The highest BCUT2D eigenvalue weighted by Gasteiger charge is 2.25. The standard InChI is InChI=1S/C17H17Cl3N4O5/c1-16(2,21-15(27)28-10-17(18,19)20)9-5-8-13(25)29-24-14(26)11-6-3-4-7-12(11)22-23-24/h3-8H,9-10H2,1-2H3,(H,21,27)/b8-5+. The zero-order valence-corrected chi connectivity index (χ0v) is 17.7. The third-order valence-electron chi connectivity index (χ3n) is 3.41. The monoisotopic (exact) mass is 462 g/mol. The van der Waals surface area contributed by atoms with Crippen LogP contribution in [-0.4, -0.2) is 43.2 Å². The van der Waals surface area contributed by atoms with Gasteiger partial charge in [-0.15, -0.1) is 5.10 Å². The Hall–Kier alpha value is -2.36. The van der Waals surface area contributed by atoms with Crippen LogP contribution in [0.2, 0.25) is 0 Å². The summed E-state index contributed by atoms with van der Waals surface area (Å²) in [6.07, 6.45) is 2.01. The molecule has 0 saturated carbocycles. The normalized spacial score (nSPS) is 12.2. The summed E-state index contributed by atoms with van der Waals surface area (Å²) in [4.78, 5) is 41.2. The van der Waals surface area contributed by atoms with Crippen molar-refractivity contribution in [3.05, 3.63) is 46.8 Å². The summed E-state index contributed by atoms with van der Waals surface area (Å²) in [7, 11) is 0. The molecule has 0 spiro atoms. The second-order valence-electron chi connectivity index (χ2n) is 6.50. The second kappa shape index (κ2) is 9.43. The van der Waals surface area contributed by atoms with E-state index in [0.717, 1.165) is 6.08 Å². The first kappa shape index (κ1) is 22.9. The van der Waals surface area contributed by atoms with Crippen molar-refractivity contribution in [3.63, 3.8) is 0 Å². The molecular weight excluding hydrogens is 447 g/mol. The molecule has 1 heterocycles. The average Bonchev–Trinajstić information content (AvgIpc) is 2.61. The zero-order chi connectivity index (χ0) is 21.7. The van der Waals surface area contributed by atoms with E-state index in [2.05, 4.69) is 15.6 Å². The lowest BCUT2D eigenvalue weighted by atomic mass is 10.0. The summed E-state index contributed by atoms with van der Waals surface area (Å²) < 4.78 is 3.07. The summed E-state index contributed by atoms with van der Waals surface area (Å²) in [6, 6.07) is 6.52. The van der Waals surface area contributed by atoms with Gasteiger partial charge in [-0.05, 0) is 42.5 Å². The molecule has 0 atom stereocenters. The zero-order valence-electron chi connectivity index (χ0n) is 15.4. The molecule has 29 heavy (non-hydrogen) atoms. The lowest BCUT2D eigenvalue weighted by molar-refractivity contribution is -0.140. The summed E-state index contributed by atoms with van der Waals surface area (Å²) in [5.41, 5.74) is -1.01. The van der Waals surface area contributed by atoms with Crippen LogP contribution in [0.25, 0.3) is 10.9 Å². The van der Waals surface area contributed by atoms with Crippen LogP contribution >= 0.6 is 34.8 Å². The maximum absolute atomic E-state index is 12.2. The number of alkyl carbamates (subject to hydrolysis) is 1. The Morgan fingerprint density at radius 3 is 2.62 bits per heavy atom. The van der Waals surface area contributed by atoms with E-state index in [1.165, 1.54) is 6.08 Å². The molecule has 156 valence electrons. The number of nitrogens with zero attached hydrogens (tertiary/aromatic N) is 3. The molecule has 2 aromatic rings. The molecule has 0 radical (unpaired) electrons. The Bertz CT molecular complexity index is 985. The lowest BCUT2D eigenvalue weighted by Crippen LogP contribution is -2.44. The van der Waals surface area contributed by atoms with Crippen molar-refractivity contribution in [1.82, 2.24) is 20.5 Å². The van der Waals surface area contributed by atoms with Crippen LogP contribution in [0.4, 0.5) is 4.79 Å².